The lowest BCUT2D eigenvalue weighted by Crippen LogP contribution is -2.45. The number of amides is 1. The molecule has 0 aromatic carbocycles. The third-order valence-electron chi connectivity index (χ3n) is 4.33. The highest BCUT2D eigenvalue weighted by Crippen LogP contribution is 2.29. The van der Waals surface area contributed by atoms with Crippen LogP contribution in [0.4, 0.5) is 0 Å². The summed E-state index contributed by atoms with van der Waals surface area (Å²) in [7, 11) is 0. The van der Waals surface area contributed by atoms with E-state index >= 15 is 0 Å². The Bertz CT molecular complexity index is 253. The summed E-state index contributed by atoms with van der Waals surface area (Å²) in [5, 5.41) is 3.17. The molecule has 4 atom stereocenters. The predicted octanol–water partition coefficient (Wildman–Crippen LogP) is 2.30. The first-order chi connectivity index (χ1) is 7.91. The second kappa shape index (κ2) is 6.39. The zero-order valence-corrected chi connectivity index (χ0v) is 11.7. The maximum absolute atomic E-state index is 11.9. The van der Waals surface area contributed by atoms with Crippen molar-refractivity contribution in [2.75, 3.05) is 0 Å². The molecule has 0 aromatic rings. The maximum Gasteiger partial charge on any atom is 0.221 e. The van der Waals surface area contributed by atoms with E-state index in [4.69, 9.17) is 5.73 Å². The van der Waals surface area contributed by atoms with Gasteiger partial charge >= 0.3 is 0 Å². The molecule has 1 fully saturated rings. The van der Waals surface area contributed by atoms with Gasteiger partial charge in [0.1, 0.15) is 0 Å². The van der Waals surface area contributed by atoms with Gasteiger partial charge in [-0.05, 0) is 24.2 Å². The van der Waals surface area contributed by atoms with Crippen LogP contribution in [0.25, 0.3) is 0 Å². The lowest BCUT2D eigenvalue weighted by Gasteiger charge is -2.34. The lowest BCUT2D eigenvalue weighted by atomic mass is 9.78. The topological polar surface area (TPSA) is 55.1 Å². The first kappa shape index (κ1) is 14.5. The summed E-state index contributed by atoms with van der Waals surface area (Å²) in [5.74, 6) is 1.79. The minimum atomic E-state index is -0.0219. The summed E-state index contributed by atoms with van der Waals surface area (Å²) in [5.41, 5.74) is 5.92. The van der Waals surface area contributed by atoms with Gasteiger partial charge in [0, 0.05) is 18.5 Å². The summed E-state index contributed by atoms with van der Waals surface area (Å²) in [6, 6.07) is 0.330. The molecule has 0 radical (unpaired) electrons. The van der Waals surface area contributed by atoms with Crippen LogP contribution in [0, 0.1) is 17.8 Å². The molecule has 1 saturated carbocycles. The number of hydrogen-bond acceptors (Lipinski definition) is 2. The minimum absolute atomic E-state index is 0.0219. The third kappa shape index (κ3) is 4.30. The second-order valence-electron chi connectivity index (χ2n) is 6.05. The van der Waals surface area contributed by atoms with Crippen LogP contribution in [0.5, 0.6) is 0 Å². The monoisotopic (exact) mass is 240 g/mol. The van der Waals surface area contributed by atoms with Crippen LogP contribution >= 0.6 is 0 Å². The van der Waals surface area contributed by atoms with Gasteiger partial charge in [0.05, 0.1) is 0 Å². The van der Waals surface area contributed by atoms with E-state index in [1.165, 1.54) is 12.8 Å². The quantitative estimate of drug-likeness (QED) is 0.792. The summed E-state index contributed by atoms with van der Waals surface area (Å²) in [6.07, 6.45) is 4.09. The van der Waals surface area contributed by atoms with E-state index in [0.717, 1.165) is 6.42 Å². The predicted molar refractivity (Wildman–Crippen MR) is 71.5 cm³/mol. The molecule has 0 aromatic heterocycles. The van der Waals surface area contributed by atoms with Crippen molar-refractivity contribution in [3.05, 3.63) is 0 Å². The van der Waals surface area contributed by atoms with Gasteiger partial charge in [-0.25, -0.2) is 0 Å². The van der Waals surface area contributed by atoms with E-state index in [2.05, 4.69) is 33.0 Å². The summed E-state index contributed by atoms with van der Waals surface area (Å²) < 4.78 is 0. The molecule has 100 valence electrons. The summed E-state index contributed by atoms with van der Waals surface area (Å²) in [6.45, 7) is 8.65. The van der Waals surface area contributed by atoms with E-state index < -0.39 is 0 Å². The average molecular weight is 240 g/mol. The van der Waals surface area contributed by atoms with Crippen LogP contribution in [-0.4, -0.2) is 18.0 Å². The number of carbonyl (C=O) groups excluding carboxylic acids is 1. The minimum Gasteiger partial charge on any atom is -0.353 e. The highest BCUT2D eigenvalue weighted by atomic mass is 16.1. The molecule has 0 bridgehead atoms. The molecule has 0 heterocycles. The van der Waals surface area contributed by atoms with Crippen LogP contribution < -0.4 is 11.1 Å². The normalized spacial score (nSPS) is 31.3. The SMILES string of the molecule is CC(C)C(N)CC(=O)NC1CCCC(C)C1C. The van der Waals surface area contributed by atoms with E-state index in [1.54, 1.807) is 0 Å². The largest absolute Gasteiger partial charge is 0.353 e. The van der Waals surface area contributed by atoms with Gasteiger partial charge in [-0.15, -0.1) is 0 Å². The highest BCUT2D eigenvalue weighted by molar-refractivity contribution is 5.76. The van der Waals surface area contributed by atoms with Crippen LogP contribution in [0.2, 0.25) is 0 Å². The van der Waals surface area contributed by atoms with Gasteiger partial charge in [-0.2, -0.15) is 0 Å². The van der Waals surface area contributed by atoms with Crippen molar-refractivity contribution in [3.63, 3.8) is 0 Å². The lowest BCUT2D eigenvalue weighted by molar-refractivity contribution is -0.123. The van der Waals surface area contributed by atoms with Crippen LogP contribution in [0.15, 0.2) is 0 Å². The third-order valence-corrected chi connectivity index (χ3v) is 4.33. The standard InChI is InChI=1S/C14H28N2O/c1-9(2)12(15)8-14(17)16-13-7-5-6-10(3)11(13)4/h9-13H,5-8,15H2,1-4H3,(H,16,17). The van der Waals surface area contributed by atoms with Crippen molar-refractivity contribution in [1.29, 1.82) is 0 Å². The van der Waals surface area contributed by atoms with E-state index in [0.29, 0.717) is 30.2 Å². The molecule has 4 unspecified atom stereocenters. The number of hydrogen-bond donors (Lipinski definition) is 2. The molecule has 1 aliphatic rings. The Balaban J connectivity index is 2.40. The van der Waals surface area contributed by atoms with E-state index in [-0.39, 0.29) is 11.9 Å². The summed E-state index contributed by atoms with van der Waals surface area (Å²) in [4.78, 5) is 11.9. The molecule has 1 amide bonds. The Morgan fingerprint density at radius 1 is 1.35 bits per heavy atom. The zero-order valence-electron chi connectivity index (χ0n) is 11.7. The van der Waals surface area contributed by atoms with Crippen molar-refractivity contribution in [2.24, 2.45) is 23.5 Å². The molecular weight excluding hydrogens is 212 g/mol. The van der Waals surface area contributed by atoms with Crippen LogP contribution in [0.1, 0.15) is 53.4 Å². The molecule has 3 nitrogen and oxygen atoms in total. The molecule has 0 saturated heterocycles. The molecule has 0 aliphatic heterocycles. The van der Waals surface area contributed by atoms with Gasteiger partial charge in [0.25, 0.3) is 0 Å². The number of nitrogens with two attached hydrogens (primary N) is 1. The Labute approximate surface area is 106 Å². The molecule has 1 rings (SSSR count). The molecule has 1 aliphatic carbocycles. The maximum atomic E-state index is 11.9. The van der Waals surface area contributed by atoms with E-state index in [9.17, 15) is 4.79 Å². The number of carbonyl (C=O) groups is 1. The molecule has 3 heteroatoms. The van der Waals surface area contributed by atoms with Crippen molar-refractivity contribution in [3.8, 4) is 0 Å². The Kier molecular flexibility index (Phi) is 5.44. The Morgan fingerprint density at radius 2 is 2.00 bits per heavy atom. The fraction of sp³-hybridized carbons (Fsp3) is 0.929. The van der Waals surface area contributed by atoms with Crippen molar-refractivity contribution >= 4 is 5.91 Å². The smallest absolute Gasteiger partial charge is 0.221 e. The molecular formula is C14H28N2O. The fourth-order valence-electron chi connectivity index (χ4n) is 2.50. The van der Waals surface area contributed by atoms with Gasteiger partial charge in [0.2, 0.25) is 5.91 Å². The average Bonchev–Trinajstić information content (AvgIpc) is 2.24. The van der Waals surface area contributed by atoms with Gasteiger partial charge in [-0.1, -0.05) is 40.5 Å². The van der Waals surface area contributed by atoms with E-state index in [1.807, 2.05) is 0 Å². The highest BCUT2D eigenvalue weighted by Gasteiger charge is 2.28. The van der Waals surface area contributed by atoms with Gasteiger partial charge in [0.15, 0.2) is 0 Å². The number of nitrogens with one attached hydrogen (secondary N) is 1. The first-order valence-electron chi connectivity index (χ1n) is 6.96. The molecule has 0 spiro atoms. The van der Waals surface area contributed by atoms with Gasteiger partial charge in [-0.3, -0.25) is 4.79 Å². The second-order valence-corrected chi connectivity index (χ2v) is 6.05. The van der Waals surface area contributed by atoms with Crippen LogP contribution in [0.3, 0.4) is 0 Å². The summed E-state index contributed by atoms with van der Waals surface area (Å²) >= 11 is 0. The Hall–Kier alpha value is -0.570. The fourth-order valence-corrected chi connectivity index (χ4v) is 2.50. The molecule has 17 heavy (non-hydrogen) atoms. The first-order valence-corrected chi connectivity index (χ1v) is 6.96. The zero-order chi connectivity index (χ0) is 13.0. The van der Waals surface area contributed by atoms with Crippen molar-refractivity contribution in [1.82, 2.24) is 5.32 Å². The van der Waals surface area contributed by atoms with Crippen molar-refractivity contribution < 1.29 is 4.79 Å². The Morgan fingerprint density at radius 3 is 2.59 bits per heavy atom. The number of rotatable bonds is 4. The van der Waals surface area contributed by atoms with Crippen LogP contribution in [-0.2, 0) is 4.79 Å². The van der Waals surface area contributed by atoms with Crippen molar-refractivity contribution in [2.45, 2.75) is 65.5 Å². The molecule has 3 N–H and O–H groups in total. The van der Waals surface area contributed by atoms with Gasteiger partial charge < -0.3 is 11.1 Å².